The zero-order valence-corrected chi connectivity index (χ0v) is 14.8. The van der Waals surface area contributed by atoms with Crippen LogP contribution in [0.15, 0.2) is 66.9 Å². The van der Waals surface area contributed by atoms with Gasteiger partial charge in [0.15, 0.2) is 0 Å². The lowest BCUT2D eigenvalue weighted by molar-refractivity contribution is 0.102. The van der Waals surface area contributed by atoms with Gasteiger partial charge in [-0.1, -0.05) is 18.2 Å². The Labute approximate surface area is 161 Å². The van der Waals surface area contributed by atoms with Crippen molar-refractivity contribution >= 4 is 23.4 Å². The van der Waals surface area contributed by atoms with Gasteiger partial charge in [-0.3, -0.25) is 14.7 Å². The van der Waals surface area contributed by atoms with E-state index >= 15 is 0 Å². The van der Waals surface area contributed by atoms with Crippen LogP contribution in [-0.2, 0) is 6.42 Å². The summed E-state index contributed by atoms with van der Waals surface area (Å²) in [7, 11) is 0. The van der Waals surface area contributed by atoms with Crippen molar-refractivity contribution in [2.24, 2.45) is 0 Å². The molecule has 2 amide bonds. The van der Waals surface area contributed by atoms with E-state index in [9.17, 15) is 14.7 Å². The highest BCUT2D eigenvalue weighted by Gasteiger charge is 2.24. The van der Waals surface area contributed by atoms with Gasteiger partial charge >= 0.3 is 6.09 Å². The molecule has 0 atom stereocenters. The second kappa shape index (κ2) is 7.40. The lowest BCUT2D eigenvalue weighted by Gasteiger charge is -2.13. The number of hydrogen-bond donors (Lipinski definition) is 2. The maximum atomic E-state index is 12.4. The Kier molecular flexibility index (Phi) is 4.63. The number of carboxylic acid groups (broad SMARTS) is 1. The highest BCUT2D eigenvalue weighted by molar-refractivity contribution is 6.03. The molecular weight excluding hydrogens is 358 g/mol. The van der Waals surface area contributed by atoms with E-state index < -0.39 is 6.09 Å². The monoisotopic (exact) mass is 375 g/mol. The second-order valence-corrected chi connectivity index (χ2v) is 6.27. The molecule has 0 unspecified atom stereocenters. The first kappa shape index (κ1) is 17.5. The lowest BCUT2D eigenvalue weighted by atomic mass is 10.1. The van der Waals surface area contributed by atoms with Crippen molar-refractivity contribution in [2.75, 3.05) is 16.8 Å². The highest BCUT2D eigenvalue weighted by atomic mass is 16.5. The summed E-state index contributed by atoms with van der Waals surface area (Å²) in [4.78, 5) is 29.0. The van der Waals surface area contributed by atoms with E-state index in [1.807, 2.05) is 24.3 Å². The summed E-state index contributed by atoms with van der Waals surface area (Å²) in [6.45, 7) is 0.438. The van der Waals surface area contributed by atoms with Crippen molar-refractivity contribution in [1.82, 2.24) is 4.98 Å². The number of rotatable bonds is 4. The molecule has 4 rings (SSSR count). The first-order chi connectivity index (χ1) is 13.6. The molecular formula is C21H17N3O4. The average molecular weight is 375 g/mol. The molecule has 0 spiro atoms. The van der Waals surface area contributed by atoms with Gasteiger partial charge < -0.3 is 15.2 Å². The maximum Gasteiger partial charge on any atom is 0.411 e. The van der Waals surface area contributed by atoms with Gasteiger partial charge in [0.1, 0.15) is 17.2 Å². The van der Waals surface area contributed by atoms with Crippen molar-refractivity contribution in [1.29, 1.82) is 0 Å². The minimum absolute atomic E-state index is 0.236. The van der Waals surface area contributed by atoms with Crippen LogP contribution in [0.4, 0.5) is 16.2 Å². The summed E-state index contributed by atoms with van der Waals surface area (Å²) in [6.07, 6.45) is 1.19. The van der Waals surface area contributed by atoms with Crippen LogP contribution in [0.25, 0.3) is 0 Å². The quantitative estimate of drug-likeness (QED) is 0.714. The fourth-order valence-corrected chi connectivity index (χ4v) is 3.09. The summed E-state index contributed by atoms with van der Waals surface area (Å²) in [6, 6.07) is 17.6. The average Bonchev–Trinajstić information content (AvgIpc) is 3.12. The fraction of sp³-hybridized carbons (Fsp3) is 0.0952. The zero-order valence-electron chi connectivity index (χ0n) is 14.8. The first-order valence-corrected chi connectivity index (χ1v) is 8.74. The molecule has 0 radical (unpaired) electrons. The summed E-state index contributed by atoms with van der Waals surface area (Å²) in [5.41, 5.74) is 2.51. The third-order valence-corrected chi connectivity index (χ3v) is 4.41. The van der Waals surface area contributed by atoms with E-state index in [-0.39, 0.29) is 11.6 Å². The third kappa shape index (κ3) is 3.64. The third-order valence-electron chi connectivity index (χ3n) is 4.41. The van der Waals surface area contributed by atoms with Crippen LogP contribution >= 0.6 is 0 Å². The predicted octanol–water partition coefficient (Wildman–Crippen LogP) is 4.17. The largest absolute Gasteiger partial charge is 0.465 e. The van der Waals surface area contributed by atoms with Gasteiger partial charge in [0, 0.05) is 24.5 Å². The Balaban J connectivity index is 1.50. The van der Waals surface area contributed by atoms with Crippen LogP contribution in [0.2, 0.25) is 0 Å². The molecule has 2 heterocycles. The number of pyridine rings is 1. The number of para-hydroxylation sites is 1. The standard InChI is InChI=1S/C21H17N3O4/c25-20(23-15-4-2-1-3-5-15)18-13-17(8-10-22-18)28-16-6-7-19-14(12-16)9-11-24(19)21(26)27/h1-8,10,12-13H,9,11H2,(H,23,25)(H,26,27). The van der Waals surface area contributed by atoms with E-state index in [1.54, 1.807) is 36.4 Å². The summed E-state index contributed by atoms with van der Waals surface area (Å²) < 4.78 is 5.85. The number of nitrogens with zero attached hydrogens (tertiary/aromatic N) is 2. The molecule has 2 N–H and O–H groups in total. The van der Waals surface area contributed by atoms with Crippen molar-refractivity contribution < 1.29 is 19.4 Å². The molecule has 3 aromatic rings. The molecule has 0 saturated carbocycles. The van der Waals surface area contributed by atoms with Crippen LogP contribution < -0.4 is 15.0 Å². The number of ether oxygens (including phenoxy) is 1. The number of carbonyl (C=O) groups excluding carboxylic acids is 1. The Morgan fingerprint density at radius 3 is 2.61 bits per heavy atom. The van der Waals surface area contributed by atoms with Crippen molar-refractivity contribution in [2.45, 2.75) is 6.42 Å². The molecule has 0 saturated heterocycles. The van der Waals surface area contributed by atoms with Crippen LogP contribution in [0.3, 0.4) is 0 Å². The minimum atomic E-state index is -0.962. The molecule has 140 valence electrons. The van der Waals surface area contributed by atoms with Gasteiger partial charge in [0.2, 0.25) is 0 Å². The molecule has 0 bridgehead atoms. The van der Waals surface area contributed by atoms with E-state index in [1.165, 1.54) is 11.1 Å². The van der Waals surface area contributed by atoms with E-state index in [0.29, 0.717) is 35.8 Å². The summed E-state index contributed by atoms with van der Waals surface area (Å²) in [5, 5.41) is 12.0. The molecule has 1 aromatic heterocycles. The predicted molar refractivity (Wildman–Crippen MR) is 104 cm³/mol. The van der Waals surface area contributed by atoms with Gasteiger partial charge in [-0.2, -0.15) is 0 Å². The molecule has 2 aromatic carbocycles. The van der Waals surface area contributed by atoms with Gasteiger partial charge in [-0.15, -0.1) is 0 Å². The number of carbonyl (C=O) groups is 2. The lowest BCUT2D eigenvalue weighted by Crippen LogP contribution is -2.26. The number of benzene rings is 2. The second-order valence-electron chi connectivity index (χ2n) is 6.27. The topological polar surface area (TPSA) is 91.8 Å². The van der Waals surface area contributed by atoms with E-state index in [2.05, 4.69) is 10.3 Å². The highest BCUT2D eigenvalue weighted by Crippen LogP contribution is 2.33. The van der Waals surface area contributed by atoms with Crippen LogP contribution in [-0.4, -0.2) is 28.6 Å². The smallest absolute Gasteiger partial charge is 0.411 e. The molecule has 1 aliphatic rings. The summed E-state index contributed by atoms with van der Waals surface area (Å²) >= 11 is 0. The number of hydrogen-bond acceptors (Lipinski definition) is 4. The van der Waals surface area contributed by atoms with Gasteiger partial charge in [0.25, 0.3) is 5.91 Å². The van der Waals surface area contributed by atoms with Crippen LogP contribution in [0.1, 0.15) is 16.1 Å². The number of nitrogens with one attached hydrogen (secondary N) is 1. The first-order valence-electron chi connectivity index (χ1n) is 8.74. The van der Waals surface area contributed by atoms with Gasteiger partial charge in [0.05, 0.1) is 5.69 Å². The van der Waals surface area contributed by atoms with Crippen molar-refractivity contribution in [3.8, 4) is 11.5 Å². The normalized spacial score (nSPS) is 12.4. The molecule has 7 heteroatoms. The Hall–Kier alpha value is -3.87. The molecule has 1 aliphatic heterocycles. The van der Waals surface area contributed by atoms with E-state index in [0.717, 1.165) is 5.56 Å². The van der Waals surface area contributed by atoms with Crippen LogP contribution in [0, 0.1) is 0 Å². The van der Waals surface area contributed by atoms with E-state index in [4.69, 9.17) is 4.74 Å². The summed E-state index contributed by atoms with van der Waals surface area (Å²) in [5.74, 6) is 0.718. The molecule has 0 fully saturated rings. The molecule has 7 nitrogen and oxygen atoms in total. The van der Waals surface area contributed by atoms with Crippen molar-refractivity contribution in [3.63, 3.8) is 0 Å². The molecule has 0 aliphatic carbocycles. The Bertz CT molecular complexity index is 1040. The van der Waals surface area contributed by atoms with Gasteiger partial charge in [-0.25, -0.2) is 4.79 Å². The number of aromatic nitrogens is 1. The van der Waals surface area contributed by atoms with Crippen LogP contribution in [0.5, 0.6) is 11.5 Å². The van der Waals surface area contributed by atoms with Crippen molar-refractivity contribution in [3.05, 3.63) is 78.1 Å². The van der Waals surface area contributed by atoms with Gasteiger partial charge in [-0.05, 0) is 48.4 Å². The zero-order chi connectivity index (χ0) is 19.5. The molecule has 28 heavy (non-hydrogen) atoms. The number of fused-ring (bicyclic) bond motifs is 1. The Morgan fingerprint density at radius 2 is 1.82 bits per heavy atom. The fourth-order valence-electron chi connectivity index (χ4n) is 3.09. The Morgan fingerprint density at radius 1 is 1.04 bits per heavy atom. The SMILES string of the molecule is O=C(Nc1ccccc1)c1cc(Oc2ccc3c(c2)CCN3C(=O)O)ccn1. The number of amides is 2. The minimum Gasteiger partial charge on any atom is -0.465 e. The maximum absolute atomic E-state index is 12.4. The number of anilines is 2.